The van der Waals surface area contributed by atoms with Gasteiger partial charge in [0.2, 0.25) is 5.91 Å². The van der Waals surface area contributed by atoms with Gasteiger partial charge in [0.15, 0.2) is 0 Å². The Morgan fingerprint density at radius 3 is 1.90 bits per heavy atom. The number of carboxylic acids is 1. The van der Waals surface area contributed by atoms with Crippen LogP contribution in [0, 0.1) is 11.8 Å². The minimum atomic E-state index is -1.17. The van der Waals surface area contributed by atoms with Crippen LogP contribution in [-0.2, 0) is 9.59 Å². The maximum absolute atomic E-state index is 12.2. The van der Waals surface area contributed by atoms with E-state index >= 15 is 0 Å². The lowest BCUT2D eigenvalue weighted by atomic mass is 10.1. The summed E-state index contributed by atoms with van der Waals surface area (Å²) in [6, 6.07) is -1.53. The lowest BCUT2D eigenvalue weighted by Crippen LogP contribution is -2.50. The summed E-state index contributed by atoms with van der Waals surface area (Å²) in [5.41, 5.74) is 5.01. The highest BCUT2D eigenvalue weighted by molar-refractivity contribution is 5.83. The van der Waals surface area contributed by atoms with Crippen LogP contribution in [0.3, 0.4) is 0 Å². The van der Waals surface area contributed by atoms with Gasteiger partial charge in [0.05, 0.1) is 0 Å². The summed E-state index contributed by atoms with van der Waals surface area (Å²) in [6.07, 6.45) is -0.0841. The van der Waals surface area contributed by atoms with Gasteiger partial charge in [-0.25, -0.2) is 9.59 Å². The van der Waals surface area contributed by atoms with Crippen LogP contribution in [0.5, 0.6) is 0 Å². The number of hydrogen-bond donors (Lipinski definition) is 3. The molecule has 7 heteroatoms. The van der Waals surface area contributed by atoms with Gasteiger partial charge in [0.1, 0.15) is 6.04 Å². The molecule has 0 aliphatic carbocycles. The van der Waals surface area contributed by atoms with Gasteiger partial charge < -0.3 is 21.1 Å². The number of primary amides is 1. The van der Waals surface area contributed by atoms with Crippen molar-refractivity contribution in [3.8, 4) is 0 Å². The number of nitrogens with one attached hydrogen (secondary N) is 1. The zero-order valence-corrected chi connectivity index (χ0v) is 13.3. The Morgan fingerprint density at radius 1 is 1.10 bits per heavy atom. The van der Waals surface area contributed by atoms with Crippen molar-refractivity contribution < 1.29 is 19.5 Å². The molecule has 7 nitrogen and oxygen atoms in total. The van der Waals surface area contributed by atoms with E-state index in [-0.39, 0.29) is 24.7 Å². The van der Waals surface area contributed by atoms with Crippen molar-refractivity contribution in [2.24, 2.45) is 17.6 Å². The molecule has 0 aliphatic rings. The topological polar surface area (TPSA) is 113 Å². The maximum atomic E-state index is 12.2. The van der Waals surface area contributed by atoms with E-state index in [2.05, 4.69) is 5.32 Å². The van der Waals surface area contributed by atoms with Crippen LogP contribution in [0.4, 0.5) is 4.79 Å². The van der Waals surface area contributed by atoms with Gasteiger partial charge in [0, 0.05) is 19.5 Å². The number of aliphatic carboxylic acids is 1. The highest BCUT2D eigenvalue weighted by Crippen LogP contribution is 2.06. The van der Waals surface area contributed by atoms with E-state index in [1.54, 1.807) is 4.90 Å². The van der Waals surface area contributed by atoms with E-state index in [9.17, 15) is 14.4 Å². The van der Waals surface area contributed by atoms with Gasteiger partial charge in [-0.3, -0.25) is 4.79 Å². The highest BCUT2D eigenvalue weighted by Gasteiger charge is 2.24. The molecule has 21 heavy (non-hydrogen) atoms. The number of nitrogens with two attached hydrogens (primary N) is 1. The van der Waals surface area contributed by atoms with Crippen LogP contribution in [0.25, 0.3) is 0 Å². The largest absolute Gasteiger partial charge is 0.480 e. The average Bonchev–Trinajstić information content (AvgIpc) is 2.31. The first kappa shape index (κ1) is 19.2. The monoisotopic (exact) mass is 301 g/mol. The van der Waals surface area contributed by atoms with Gasteiger partial charge in [-0.05, 0) is 18.3 Å². The number of rotatable bonds is 9. The lowest BCUT2D eigenvalue weighted by molar-refractivity contribution is -0.139. The maximum Gasteiger partial charge on any atom is 0.326 e. The number of urea groups is 1. The molecule has 0 aromatic rings. The predicted molar refractivity (Wildman–Crippen MR) is 79.6 cm³/mol. The van der Waals surface area contributed by atoms with Crippen molar-refractivity contribution in [1.29, 1.82) is 0 Å². The zero-order valence-electron chi connectivity index (χ0n) is 13.3. The van der Waals surface area contributed by atoms with Crippen LogP contribution in [0.15, 0.2) is 0 Å². The third-order valence-electron chi connectivity index (χ3n) is 2.73. The minimum absolute atomic E-state index is 0.00635. The second-order valence-corrected chi connectivity index (χ2v) is 6.04. The average molecular weight is 301 g/mol. The van der Waals surface area contributed by atoms with E-state index < -0.39 is 23.9 Å². The van der Waals surface area contributed by atoms with Gasteiger partial charge in [-0.2, -0.15) is 0 Å². The molecule has 0 bridgehead atoms. The van der Waals surface area contributed by atoms with E-state index in [1.807, 2.05) is 27.7 Å². The Morgan fingerprint density at radius 2 is 1.57 bits per heavy atom. The Bertz CT molecular complexity index is 359. The number of carboxylic acid groups (broad SMARTS) is 1. The summed E-state index contributed by atoms with van der Waals surface area (Å²) in [6.45, 7) is 9.05. The van der Waals surface area contributed by atoms with Crippen molar-refractivity contribution in [3.05, 3.63) is 0 Å². The molecule has 3 amide bonds. The molecule has 0 saturated carbocycles. The fourth-order valence-electron chi connectivity index (χ4n) is 1.91. The van der Waals surface area contributed by atoms with Gasteiger partial charge in [-0.15, -0.1) is 0 Å². The lowest BCUT2D eigenvalue weighted by Gasteiger charge is -2.28. The Hall–Kier alpha value is -1.79. The quantitative estimate of drug-likeness (QED) is 0.590. The van der Waals surface area contributed by atoms with Crippen molar-refractivity contribution >= 4 is 17.9 Å². The molecule has 0 rings (SSSR count). The first-order valence-electron chi connectivity index (χ1n) is 7.20. The standard InChI is InChI=1S/C14H27N3O4/c1-9(2)7-17(8-10(3)4)14(21)16-11(13(19)20)5-6-12(15)18/h9-11H,5-8H2,1-4H3,(H2,15,18)(H,16,21)(H,19,20)/t11-/m0/s1. The Labute approximate surface area is 125 Å². The first-order chi connectivity index (χ1) is 9.63. The molecule has 0 aromatic heterocycles. The van der Waals surface area contributed by atoms with Crippen LogP contribution in [-0.4, -0.2) is 47.0 Å². The molecule has 0 spiro atoms. The minimum Gasteiger partial charge on any atom is -0.480 e. The molecular weight excluding hydrogens is 274 g/mol. The second-order valence-electron chi connectivity index (χ2n) is 6.04. The van der Waals surface area contributed by atoms with Gasteiger partial charge >= 0.3 is 12.0 Å². The molecule has 0 saturated heterocycles. The van der Waals surface area contributed by atoms with E-state index in [4.69, 9.17) is 10.8 Å². The molecular formula is C14H27N3O4. The number of nitrogens with zero attached hydrogens (tertiary/aromatic N) is 1. The summed E-state index contributed by atoms with van der Waals surface area (Å²) in [5, 5.41) is 11.6. The Kier molecular flexibility index (Phi) is 8.42. The third-order valence-corrected chi connectivity index (χ3v) is 2.73. The molecule has 0 radical (unpaired) electrons. The molecule has 1 atom stereocenters. The van der Waals surface area contributed by atoms with E-state index in [0.29, 0.717) is 13.1 Å². The third kappa shape index (κ3) is 8.88. The van der Waals surface area contributed by atoms with Crippen LogP contribution >= 0.6 is 0 Å². The predicted octanol–water partition coefficient (Wildman–Crippen LogP) is 1.03. The summed E-state index contributed by atoms with van der Waals surface area (Å²) >= 11 is 0. The Balaban J connectivity index is 4.73. The van der Waals surface area contributed by atoms with E-state index in [1.165, 1.54) is 0 Å². The molecule has 0 unspecified atom stereocenters. The molecule has 0 heterocycles. The smallest absolute Gasteiger partial charge is 0.326 e. The van der Waals surface area contributed by atoms with Gasteiger partial charge in [-0.1, -0.05) is 27.7 Å². The fraction of sp³-hybridized carbons (Fsp3) is 0.786. The number of carbonyl (C=O) groups excluding carboxylic acids is 2. The number of hydrogen-bond acceptors (Lipinski definition) is 3. The van der Waals surface area contributed by atoms with E-state index in [0.717, 1.165) is 0 Å². The molecule has 0 aromatic carbocycles. The van der Waals surface area contributed by atoms with Crippen molar-refractivity contribution in [1.82, 2.24) is 10.2 Å². The summed E-state index contributed by atoms with van der Waals surface area (Å²) in [4.78, 5) is 35.7. The van der Waals surface area contributed by atoms with Crippen LogP contribution in [0.1, 0.15) is 40.5 Å². The fourth-order valence-corrected chi connectivity index (χ4v) is 1.91. The van der Waals surface area contributed by atoms with Crippen molar-refractivity contribution in [2.45, 2.75) is 46.6 Å². The SMILES string of the molecule is CC(C)CN(CC(C)C)C(=O)N[C@@H](CCC(N)=O)C(=O)O. The second kappa shape index (κ2) is 9.20. The summed E-state index contributed by atoms with van der Waals surface area (Å²) in [7, 11) is 0. The first-order valence-corrected chi connectivity index (χ1v) is 7.20. The number of amides is 3. The number of carbonyl (C=O) groups is 3. The summed E-state index contributed by atoms with van der Waals surface area (Å²) in [5.74, 6) is -1.19. The van der Waals surface area contributed by atoms with Crippen molar-refractivity contribution in [2.75, 3.05) is 13.1 Å². The molecule has 122 valence electrons. The van der Waals surface area contributed by atoms with Crippen LogP contribution < -0.4 is 11.1 Å². The zero-order chi connectivity index (χ0) is 16.6. The molecule has 4 N–H and O–H groups in total. The summed E-state index contributed by atoms with van der Waals surface area (Å²) < 4.78 is 0. The van der Waals surface area contributed by atoms with Crippen molar-refractivity contribution in [3.63, 3.8) is 0 Å². The van der Waals surface area contributed by atoms with Gasteiger partial charge in [0.25, 0.3) is 0 Å². The molecule has 0 fully saturated rings. The highest BCUT2D eigenvalue weighted by atomic mass is 16.4. The van der Waals surface area contributed by atoms with Crippen LogP contribution in [0.2, 0.25) is 0 Å². The normalized spacial score (nSPS) is 12.3. The molecule has 0 aliphatic heterocycles.